The summed E-state index contributed by atoms with van der Waals surface area (Å²) in [6.07, 6.45) is 4.83. The van der Waals surface area contributed by atoms with Gasteiger partial charge in [0.2, 0.25) is 6.17 Å². The second-order valence-electron chi connectivity index (χ2n) is 4.84. The van der Waals surface area contributed by atoms with Gasteiger partial charge in [0.1, 0.15) is 11.9 Å². The van der Waals surface area contributed by atoms with Crippen molar-refractivity contribution < 1.29 is 14.1 Å². The first-order chi connectivity index (χ1) is 10.5. The van der Waals surface area contributed by atoms with Gasteiger partial charge in [-0.05, 0) is 22.0 Å². The number of nitrogens with zero attached hydrogens (tertiary/aromatic N) is 2. The van der Waals surface area contributed by atoms with Crippen molar-refractivity contribution in [3.05, 3.63) is 62.4 Å². The molecule has 0 fully saturated rings. The third-order valence-electron chi connectivity index (χ3n) is 3.69. The van der Waals surface area contributed by atoms with Gasteiger partial charge in [0.25, 0.3) is 0 Å². The zero-order chi connectivity index (χ0) is 15.9. The molecular weight excluding hydrogens is 357 g/mol. The van der Waals surface area contributed by atoms with Gasteiger partial charge in [0.05, 0.1) is 5.56 Å². The van der Waals surface area contributed by atoms with E-state index in [4.69, 9.17) is 0 Å². The number of aromatic nitrogens is 2. The standard InChI is InChI=1S/C14H9BrFN3O3/c15-9-4-10-11(6-18-13(10)17-5-9)14(19(21)22)3-1-2-8(7-20)12(14)16/h1-7,12H,(H,17,18). The van der Waals surface area contributed by atoms with Gasteiger partial charge in [-0.1, -0.05) is 12.2 Å². The number of nitrogens with one attached hydrogen (secondary N) is 1. The Kier molecular flexibility index (Phi) is 3.40. The van der Waals surface area contributed by atoms with E-state index < -0.39 is 16.6 Å². The molecule has 6 nitrogen and oxygen atoms in total. The maximum absolute atomic E-state index is 14.8. The summed E-state index contributed by atoms with van der Waals surface area (Å²) in [5, 5.41) is 12.1. The minimum atomic E-state index is -2.16. The van der Waals surface area contributed by atoms with Gasteiger partial charge in [-0.15, -0.1) is 0 Å². The van der Waals surface area contributed by atoms with Crippen molar-refractivity contribution in [1.29, 1.82) is 0 Å². The van der Waals surface area contributed by atoms with Crippen LogP contribution < -0.4 is 0 Å². The molecule has 22 heavy (non-hydrogen) atoms. The lowest BCUT2D eigenvalue weighted by Gasteiger charge is -2.27. The number of alkyl halides is 1. The van der Waals surface area contributed by atoms with E-state index in [0.29, 0.717) is 21.8 Å². The van der Waals surface area contributed by atoms with Crippen molar-refractivity contribution in [2.24, 2.45) is 0 Å². The first-order valence-electron chi connectivity index (χ1n) is 6.27. The number of fused-ring (bicyclic) bond motifs is 1. The normalized spacial score (nSPS) is 24.3. The zero-order valence-corrected chi connectivity index (χ0v) is 12.6. The number of pyridine rings is 1. The topological polar surface area (TPSA) is 88.9 Å². The van der Waals surface area contributed by atoms with Crippen LogP contribution in [-0.4, -0.2) is 27.3 Å². The summed E-state index contributed by atoms with van der Waals surface area (Å²) in [7, 11) is 0. The Hall–Kier alpha value is -2.35. The van der Waals surface area contributed by atoms with Crippen LogP contribution in [0.1, 0.15) is 5.56 Å². The molecule has 1 aliphatic carbocycles. The molecular formula is C14H9BrFN3O3. The van der Waals surface area contributed by atoms with E-state index in [2.05, 4.69) is 25.9 Å². The number of aromatic amines is 1. The molecule has 0 bridgehead atoms. The van der Waals surface area contributed by atoms with Gasteiger partial charge in [0.15, 0.2) is 0 Å². The predicted molar refractivity (Wildman–Crippen MR) is 80.6 cm³/mol. The van der Waals surface area contributed by atoms with Crippen molar-refractivity contribution in [2.75, 3.05) is 0 Å². The van der Waals surface area contributed by atoms with Crippen LogP contribution in [0.4, 0.5) is 4.39 Å². The minimum absolute atomic E-state index is 0.123. The number of carbonyl (C=O) groups is 1. The number of aldehydes is 1. The predicted octanol–water partition coefficient (Wildman–Crippen LogP) is 2.83. The summed E-state index contributed by atoms with van der Waals surface area (Å²) in [6, 6.07) is 1.62. The van der Waals surface area contributed by atoms with Gasteiger partial charge in [0, 0.05) is 38.8 Å². The monoisotopic (exact) mass is 365 g/mol. The molecule has 2 heterocycles. The van der Waals surface area contributed by atoms with E-state index >= 15 is 0 Å². The van der Waals surface area contributed by atoms with E-state index in [1.165, 1.54) is 24.5 Å². The number of hydrogen-bond donors (Lipinski definition) is 1. The number of allylic oxidation sites excluding steroid dienone is 2. The van der Waals surface area contributed by atoms with Gasteiger partial charge in [-0.25, -0.2) is 9.37 Å². The Morgan fingerprint density at radius 1 is 1.55 bits per heavy atom. The van der Waals surface area contributed by atoms with Crippen LogP contribution in [0.2, 0.25) is 0 Å². The van der Waals surface area contributed by atoms with Crippen molar-refractivity contribution in [3.8, 4) is 0 Å². The zero-order valence-electron chi connectivity index (χ0n) is 11.0. The second kappa shape index (κ2) is 5.13. The van der Waals surface area contributed by atoms with Crippen molar-refractivity contribution in [1.82, 2.24) is 9.97 Å². The highest BCUT2D eigenvalue weighted by Crippen LogP contribution is 2.41. The number of carbonyl (C=O) groups excluding carboxylic acids is 1. The lowest BCUT2D eigenvalue weighted by atomic mass is 9.79. The van der Waals surface area contributed by atoms with E-state index in [9.17, 15) is 19.3 Å². The van der Waals surface area contributed by atoms with Gasteiger partial charge in [-0.2, -0.15) is 0 Å². The molecule has 2 aromatic heterocycles. The number of nitro groups is 1. The lowest BCUT2D eigenvalue weighted by Crippen LogP contribution is -2.45. The largest absolute Gasteiger partial charge is 0.346 e. The number of H-pyrrole nitrogens is 1. The highest BCUT2D eigenvalue weighted by atomic mass is 79.9. The van der Waals surface area contributed by atoms with Crippen molar-refractivity contribution >= 4 is 33.2 Å². The molecule has 112 valence electrons. The summed E-state index contributed by atoms with van der Waals surface area (Å²) in [5.74, 6) is 0. The molecule has 3 rings (SSSR count). The third kappa shape index (κ3) is 1.91. The molecule has 1 N–H and O–H groups in total. The first kappa shape index (κ1) is 14.6. The van der Waals surface area contributed by atoms with E-state index in [1.807, 2.05) is 0 Å². The maximum Gasteiger partial charge on any atom is 0.302 e. The molecule has 2 atom stereocenters. The number of hydrogen-bond acceptors (Lipinski definition) is 4. The molecule has 8 heteroatoms. The van der Waals surface area contributed by atoms with E-state index in [0.717, 1.165) is 6.08 Å². The van der Waals surface area contributed by atoms with Crippen LogP contribution >= 0.6 is 15.9 Å². The molecule has 0 saturated carbocycles. The highest BCUT2D eigenvalue weighted by molar-refractivity contribution is 9.10. The third-order valence-corrected chi connectivity index (χ3v) is 4.12. The number of halogens is 2. The summed E-state index contributed by atoms with van der Waals surface area (Å²) >= 11 is 3.25. The van der Waals surface area contributed by atoms with E-state index in [1.54, 1.807) is 6.07 Å². The molecule has 0 aromatic carbocycles. The summed E-state index contributed by atoms with van der Waals surface area (Å²) in [4.78, 5) is 28.9. The number of rotatable bonds is 3. The quantitative estimate of drug-likeness (QED) is 0.514. The van der Waals surface area contributed by atoms with Crippen LogP contribution in [0.15, 0.2) is 46.7 Å². The van der Waals surface area contributed by atoms with Crippen LogP contribution in [-0.2, 0) is 10.3 Å². The lowest BCUT2D eigenvalue weighted by molar-refractivity contribution is -0.571. The van der Waals surface area contributed by atoms with E-state index in [-0.39, 0.29) is 11.1 Å². The first-order valence-corrected chi connectivity index (χ1v) is 7.06. The fourth-order valence-corrected chi connectivity index (χ4v) is 2.95. The summed E-state index contributed by atoms with van der Waals surface area (Å²) in [5.41, 5.74) is -1.90. The van der Waals surface area contributed by atoms with Crippen molar-refractivity contribution in [3.63, 3.8) is 0 Å². The molecule has 2 aromatic rings. The molecule has 0 saturated heterocycles. The Balaban J connectivity index is 2.30. The molecule has 2 unspecified atom stereocenters. The van der Waals surface area contributed by atoms with Crippen LogP contribution in [0.25, 0.3) is 11.0 Å². The molecule has 0 amide bonds. The molecule has 0 aliphatic heterocycles. The Morgan fingerprint density at radius 3 is 3.00 bits per heavy atom. The summed E-state index contributed by atoms with van der Waals surface area (Å²) in [6.45, 7) is 0. The van der Waals surface area contributed by atoms with Crippen LogP contribution in [0.3, 0.4) is 0 Å². The highest BCUT2D eigenvalue weighted by Gasteiger charge is 2.55. The molecule has 1 aliphatic rings. The molecule has 0 spiro atoms. The van der Waals surface area contributed by atoms with Crippen molar-refractivity contribution in [2.45, 2.75) is 11.7 Å². The Bertz CT molecular complexity index is 845. The Morgan fingerprint density at radius 2 is 2.32 bits per heavy atom. The van der Waals surface area contributed by atoms with Gasteiger partial charge < -0.3 is 4.98 Å². The van der Waals surface area contributed by atoms with Crippen LogP contribution in [0.5, 0.6) is 0 Å². The molecule has 0 radical (unpaired) electrons. The SMILES string of the molecule is O=CC1=CC=CC(c2c[nH]c3ncc(Br)cc23)([N+](=O)[O-])C1F. The average Bonchev–Trinajstić information content (AvgIpc) is 2.90. The van der Waals surface area contributed by atoms with Crippen LogP contribution in [0, 0.1) is 10.1 Å². The fourth-order valence-electron chi connectivity index (χ4n) is 2.62. The van der Waals surface area contributed by atoms with Gasteiger partial charge in [-0.3, -0.25) is 14.9 Å². The fraction of sp³-hybridized carbons (Fsp3) is 0.143. The second-order valence-corrected chi connectivity index (χ2v) is 5.76. The maximum atomic E-state index is 14.8. The smallest absolute Gasteiger partial charge is 0.302 e. The minimum Gasteiger partial charge on any atom is -0.346 e. The van der Waals surface area contributed by atoms with Gasteiger partial charge >= 0.3 is 5.54 Å². The Labute approximate surface area is 132 Å². The average molecular weight is 366 g/mol. The summed E-state index contributed by atoms with van der Waals surface area (Å²) < 4.78 is 15.4.